The molecule has 2 N–H and O–H groups in total. The number of esters is 1. The molecule has 0 fully saturated rings. The fourth-order valence-corrected chi connectivity index (χ4v) is 2.45. The third kappa shape index (κ3) is 7.20. The van der Waals surface area contributed by atoms with Gasteiger partial charge < -0.3 is 19.8 Å². The molecule has 1 aromatic carbocycles. The zero-order valence-electron chi connectivity index (χ0n) is 15.7. The number of halogens is 2. The van der Waals surface area contributed by atoms with Crippen LogP contribution in [0.3, 0.4) is 0 Å². The Balaban J connectivity index is 0.00000364. The van der Waals surface area contributed by atoms with Gasteiger partial charge in [0.1, 0.15) is 29.4 Å². The number of hydrogen-bond donors (Lipinski definition) is 2. The van der Waals surface area contributed by atoms with Crippen LogP contribution in [0.5, 0.6) is 0 Å². The van der Waals surface area contributed by atoms with Crippen molar-refractivity contribution in [1.29, 1.82) is 0 Å². The summed E-state index contributed by atoms with van der Waals surface area (Å²) >= 11 is 0. The van der Waals surface area contributed by atoms with E-state index < -0.39 is 5.97 Å². The predicted molar refractivity (Wildman–Crippen MR) is 113 cm³/mol. The Morgan fingerprint density at radius 1 is 1.30 bits per heavy atom. The number of benzene rings is 1. The van der Waals surface area contributed by atoms with Crippen LogP contribution in [0.2, 0.25) is 0 Å². The maximum atomic E-state index is 13.2. The van der Waals surface area contributed by atoms with E-state index in [1.165, 1.54) is 19.2 Å². The Morgan fingerprint density at radius 3 is 2.74 bits per heavy atom. The minimum absolute atomic E-state index is 0. The molecule has 0 saturated heterocycles. The van der Waals surface area contributed by atoms with Gasteiger partial charge >= 0.3 is 5.97 Å². The Hall–Kier alpha value is -2.10. The van der Waals surface area contributed by atoms with E-state index in [0.717, 1.165) is 5.56 Å². The molecule has 0 aliphatic heterocycles. The first-order valence-corrected chi connectivity index (χ1v) is 8.47. The summed E-state index contributed by atoms with van der Waals surface area (Å²) in [7, 11) is 1.33. The molecule has 0 spiro atoms. The smallest absolute Gasteiger partial charge is 0.341 e. The quantitative estimate of drug-likeness (QED) is 0.270. The minimum atomic E-state index is -0.429. The maximum absolute atomic E-state index is 13.2. The fraction of sp³-hybridized carbons (Fsp3) is 0.368. The molecule has 0 saturated carbocycles. The summed E-state index contributed by atoms with van der Waals surface area (Å²) in [4.78, 5) is 16.1. The number of rotatable bonds is 7. The summed E-state index contributed by atoms with van der Waals surface area (Å²) < 4.78 is 23.5. The lowest BCUT2D eigenvalue weighted by Crippen LogP contribution is -2.38. The first kappa shape index (κ1) is 22.9. The molecule has 2 rings (SSSR count). The number of carbonyl (C=O) groups is 1. The number of nitrogens with one attached hydrogen (secondary N) is 2. The summed E-state index contributed by atoms with van der Waals surface area (Å²) in [5, 5.41) is 6.33. The molecule has 0 radical (unpaired) electrons. The number of hydrogen-bond acceptors (Lipinski definition) is 4. The molecule has 0 unspecified atom stereocenters. The molecule has 0 amide bonds. The summed E-state index contributed by atoms with van der Waals surface area (Å²) in [6.07, 6.45) is 0.675. The highest BCUT2D eigenvalue weighted by Crippen LogP contribution is 2.16. The number of furan rings is 1. The van der Waals surface area contributed by atoms with Crippen molar-refractivity contribution < 1.29 is 18.3 Å². The van der Waals surface area contributed by atoms with Gasteiger partial charge in [0.25, 0.3) is 0 Å². The summed E-state index contributed by atoms with van der Waals surface area (Å²) in [6.45, 7) is 5.28. The standard InChI is InChI=1S/C19H24FN3O3.HI/c1-4-21-19(22-9-8-14-6-5-7-15(20)10-14)23-12-16-11-17(13(2)26-16)18(24)25-3;/h5-7,10-11H,4,8-9,12H2,1-3H3,(H2,21,22,23);1H. The van der Waals surface area contributed by atoms with E-state index in [1.54, 1.807) is 19.1 Å². The van der Waals surface area contributed by atoms with Crippen LogP contribution in [0.1, 0.15) is 34.4 Å². The second-order valence-electron chi connectivity index (χ2n) is 5.68. The Kier molecular flexibility index (Phi) is 9.84. The van der Waals surface area contributed by atoms with E-state index in [2.05, 4.69) is 15.6 Å². The lowest BCUT2D eigenvalue weighted by Gasteiger charge is -2.11. The van der Waals surface area contributed by atoms with E-state index in [0.29, 0.717) is 42.6 Å². The highest BCUT2D eigenvalue weighted by Gasteiger charge is 2.15. The van der Waals surface area contributed by atoms with Gasteiger partial charge in [0.05, 0.1) is 7.11 Å². The van der Waals surface area contributed by atoms with Crippen molar-refractivity contribution in [3.63, 3.8) is 0 Å². The van der Waals surface area contributed by atoms with Crippen molar-refractivity contribution in [2.45, 2.75) is 26.8 Å². The number of aliphatic imine (C=N–C) groups is 1. The lowest BCUT2D eigenvalue weighted by molar-refractivity contribution is 0.0599. The molecule has 6 nitrogen and oxygen atoms in total. The van der Waals surface area contributed by atoms with E-state index in [4.69, 9.17) is 9.15 Å². The Bertz CT molecular complexity index is 777. The van der Waals surface area contributed by atoms with Crippen molar-refractivity contribution in [2.75, 3.05) is 20.2 Å². The van der Waals surface area contributed by atoms with Crippen LogP contribution < -0.4 is 10.6 Å². The molecular formula is C19H25FIN3O3. The molecule has 148 valence electrons. The van der Waals surface area contributed by atoms with Gasteiger partial charge in [-0.3, -0.25) is 0 Å². The third-order valence-electron chi connectivity index (χ3n) is 3.71. The topological polar surface area (TPSA) is 75.9 Å². The molecule has 8 heteroatoms. The first-order chi connectivity index (χ1) is 12.5. The van der Waals surface area contributed by atoms with Gasteiger partial charge in [0, 0.05) is 13.1 Å². The summed E-state index contributed by atoms with van der Waals surface area (Å²) in [6, 6.07) is 8.17. The minimum Gasteiger partial charge on any atom is -0.465 e. The molecule has 27 heavy (non-hydrogen) atoms. The monoisotopic (exact) mass is 489 g/mol. The van der Waals surface area contributed by atoms with Crippen molar-refractivity contribution in [3.05, 3.63) is 58.8 Å². The van der Waals surface area contributed by atoms with Crippen molar-refractivity contribution in [1.82, 2.24) is 10.6 Å². The van der Waals surface area contributed by atoms with Gasteiger partial charge in [-0.25, -0.2) is 14.2 Å². The van der Waals surface area contributed by atoms with Crippen LogP contribution in [0.15, 0.2) is 39.7 Å². The predicted octanol–water partition coefficient (Wildman–Crippen LogP) is 3.43. The van der Waals surface area contributed by atoms with Gasteiger partial charge in [-0.15, -0.1) is 24.0 Å². The molecule has 0 atom stereocenters. The Morgan fingerprint density at radius 2 is 2.07 bits per heavy atom. The largest absolute Gasteiger partial charge is 0.465 e. The van der Waals surface area contributed by atoms with Crippen molar-refractivity contribution in [3.8, 4) is 0 Å². The zero-order valence-corrected chi connectivity index (χ0v) is 18.0. The van der Waals surface area contributed by atoms with Crippen LogP contribution in [-0.4, -0.2) is 32.1 Å². The molecule has 1 aromatic heterocycles. The second kappa shape index (κ2) is 11.6. The normalized spacial score (nSPS) is 10.9. The van der Waals surface area contributed by atoms with E-state index in [1.807, 2.05) is 13.0 Å². The third-order valence-corrected chi connectivity index (χ3v) is 3.71. The van der Waals surface area contributed by atoms with Gasteiger partial charge in [-0.05, 0) is 44.0 Å². The number of aryl methyl sites for hydroxylation is 1. The van der Waals surface area contributed by atoms with E-state index in [9.17, 15) is 9.18 Å². The first-order valence-electron chi connectivity index (χ1n) is 8.47. The SMILES string of the molecule is CCNC(=NCc1cc(C(=O)OC)c(C)o1)NCCc1cccc(F)c1.I. The lowest BCUT2D eigenvalue weighted by atomic mass is 10.1. The molecule has 0 bridgehead atoms. The zero-order chi connectivity index (χ0) is 18.9. The average Bonchev–Trinajstić information content (AvgIpc) is 3.00. The highest BCUT2D eigenvalue weighted by atomic mass is 127. The van der Waals surface area contributed by atoms with Crippen molar-refractivity contribution >= 4 is 35.9 Å². The number of nitrogens with zero attached hydrogens (tertiary/aromatic N) is 1. The number of methoxy groups -OCH3 is 1. The van der Waals surface area contributed by atoms with E-state index in [-0.39, 0.29) is 36.3 Å². The average molecular weight is 489 g/mol. The molecule has 1 heterocycles. The van der Waals surface area contributed by atoms with Gasteiger partial charge in [0.15, 0.2) is 5.96 Å². The maximum Gasteiger partial charge on any atom is 0.341 e. The van der Waals surface area contributed by atoms with Crippen LogP contribution in [0.25, 0.3) is 0 Å². The summed E-state index contributed by atoms with van der Waals surface area (Å²) in [5.74, 6) is 1.04. The van der Waals surface area contributed by atoms with Crippen LogP contribution in [0, 0.1) is 12.7 Å². The van der Waals surface area contributed by atoms with Crippen LogP contribution >= 0.6 is 24.0 Å². The fourth-order valence-electron chi connectivity index (χ4n) is 2.45. The van der Waals surface area contributed by atoms with Crippen molar-refractivity contribution in [2.24, 2.45) is 4.99 Å². The van der Waals surface area contributed by atoms with Crippen LogP contribution in [0.4, 0.5) is 4.39 Å². The molecule has 0 aliphatic rings. The van der Waals surface area contributed by atoms with Crippen LogP contribution in [-0.2, 0) is 17.7 Å². The Labute approximate surface area is 175 Å². The summed E-state index contributed by atoms with van der Waals surface area (Å²) in [5.41, 5.74) is 1.32. The van der Waals surface area contributed by atoms with E-state index >= 15 is 0 Å². The van der Waals surface area contributed by atoms with Gasteiger partial charge in [-0.1, -0.05) is 12.1 Å². The number of ether oxygens (including phenoxy) is 1. The number of guanidine groups is 1. The number of carbonyl (C=O) groups excluding carboxylic acids is 1. The molecular weight excluding hydrogens is 464 g/mol. The molecule has 2 aromatic rings. The second-order valence-corrected chi connectivity index (χ2v) is 5.68. The van der Waals surface area contributed by atoms with Gasteiger partial charge in [-0.2, -0.15) is 0 Å². The van der Waals surface area contributed by atoms with Gasteiger partial charge in [0.2, 0.25) is 0 Å². The molecule has 0 aliphatic carbocycles. The highest BCUT2D eigenvalue weighted by molar-refractivity contribution is 14.0.